The molecule has 1 amide bonds. The van der Waals surface area contributed by atoms with Crippen LogP contribution in [0.4, 0.5) is 5.69 Å². The van der Waals surface area contributed by atoms with Gasteiger partial charge in [-0.2, -0.15) is 0 Å². The minimum atomic E-state index is -0.101. The van der Waals surface area contributed by atoms with Gasteiger partial charge in [-0.3, -0.25) is 4.79 Å². The molecule has 0 atom stereocenters. The second-order valence-corrected chi connectivity index (χ2v) is 3.79. The van der Waals surface area contributed by atoms with E-state index < -0.39 is 0 Å². The van der Waals surface area contributed by atoms with E-state index in [1.165, 1.54) is 4.90 Å². The van der Waals surface area contributed by atoms with Crippen molar-refractivity contribution in [2.75, 3.05) is 18.6 Å². The van der Waals surface area contributed by atoms with Gasteiger partial charge in [0.25, 0.3) is 5.91 Å². The molecule has 1 aromatic rings. The molecule has 0 N–H and O–H groups in total. The topological polar surface area (TPSA) is 29.5 Å². The number of carbonyl (C=O) groups excluding carboxylic acids is 1. The first-order valence-corrected chi connectivity index (χ1v) is 4.73. The van der Waals surface area contributed by atoms with Crippen LogP contribution in [0.5, 0.6) is 5.75 Å². The quantitative estimate of drug-likeness (QED) is 0.687. The van der Waals surface area contributed by atoms with Gasteiger partial charge in [0.15, 0.2) is 6.61 Å². The zero-order valence-electron chi connectivity index (χ0n) is 7.38. The molecule has 0 aliphatic carbocycles. The number of amides is 1. The molecule has 3 nitrogen and oxygen atoms in total. The van der Waals surface area contributed by atoms with E-state index in [9.17, 15) is 4.79 Å². The Morgan fingerprint density at radius 1 is 1.36 bits per heavy atom. The van der Waals surface area contributed by atoms with E-state index in [1.807, 2.05) is 0 Å². The molecule has 0 aromatic heterocycles. The molecule has 5 heteroatoms. The van der Waals surface area contributed by atoms with Crippen LogP contribution in [0.2, 0.25) is 10.0 Å². The highest BCUT2D eigenvalue weighted by Crippen LogP contribution is 2.37. The first-order valence-electron chi connectivity index (χ1n) is 3.98. The van der Waals surface area contributed by atoms with E-state index in [-0.39, 0.29) is 12.5 Å². The predicted octanol–water partition coefficient (Wildman–Crippen LogP) is 2.35. The zero-order valence-corrected chi connectivity index (χ0v) is 8.89. The van der Waals surface area contributed by atoms with Crippen molar-refractivity contribution < 1.29 is 9.53 Å². The Balaban J connectivity index is 2.55. The minimum Gasteiger partial charge on any atom is -0.482 e. The minimum absolute atomic E-state index is 0.0431. The maximum Gasteiger partial charge on any atom is 0.264 e. The second kappa shape index (κ2) is 3.33. The molecule has 0 radical (unpaired) electrons. The van der Waals surface area contributed by atoms with E-state index in [2.05, 4.69) is 0 Å². The number of anilines is 1. The van der Waals surface area contributed by atoms with Crippen LogP contribution < -0.4 is 9.64 Å². The Morgan fingerprint density at radius 3 is 2.71 bits per heavy atom. The number of nitrogens with zero attached hydrogens (tertiary/aromatic N) is 1. The third-order valence-corrected chi connectivity index (χ3v) is 2.81. The van der Waals surface area contributed by atoms with Gasteiger partial charge in [0.2, 0.25) is 0 Å². The number of benzene rings is 1. The largest absolute Gasteiger partial charge is 0.482 e. The number of hydrogen-bond acceptors (Lipinski definition) is 2. The monoisotopic (exact) mass is 231 g/mol. The molecule has 1 aromatic carbocycles. The number of ether oxygens (including phenoxy) is 1. The Labute approximate surface area is 91.2 Å². The van der Waals surface area contributed by atoms with Crippen molar-refractivity contribution in [3.8, 4) is 5.75 Å². The highest BCUT2D eigenvalue weighted by Gasteiger charge is 2.23. The summed E-state index contributed by atoms with van der Waals surface area (Å²) in [5.74, 6) is 0.484. The summed E-state index contributed by atoms with van der Waals surface area (Å²) in [5.41, 5.74) is 0.649. The zero-order chi connectivity index (χ0) is 10.3. The number of hydrogen-bond donors (Lipinski definition) is 0. The van der Waals surface area contributed by atoms with E-state index >= 15 is 0 Å². The fraction of sp³-hybridized carbons (Fsp3) is 0.222. The molecule has 1 aliphatic rings. The molecule has 0 bridgehead atoms. The maximum absolute atomic E-state index is 11.3. The SMILES string of the molecule is CN1C(=O)COc2cc(Cl)c(Cl)cc21. The van der Waals surface area contributed by atoms with E-state index in [1.54, 1.807) is 19.2 Å². The summed E-state index contributed by atoms with van der Waals surface area (Å²) in [6.07, 6.45) is 0. The van der Waals surface area contributed by atoms with Gasteiger partial charge in [0, 0.05) is 13.1 Å². The summed E-state index contributed by atoms with van der Waals surface area (Å²) in [5, 5.41) is 0.837. The van der Waals surface area contributed by atoms with Crippen molar-refractivity contribution in [2.24, 2.45) is 0 Å². The maximum atomic E-state index is 11.3. The molecule has 0 spiro atoms. The summed E-state index contributed by atoms with van der Waals surface area (Å²) < 4.78 is 5.21. The molecule has 2 rings (SSSR count). The molecule has 0 saturated heterocycles. The lowest BCUT2D eigenvalue weighted by molar-refractivity contribution is -0.120. The summed E-state index contributed by atoms with van der Waals surface area (Å²) >= 11 is 11.6. The van der Waals surface area contributed by atoms with Gasteiger partial charge in [-0.25, -0.2) is 0 Å². The number of likely N-dealkylation sites (N-methyl/N-ethyl adjacent to an activating group) is 1. The van der Waals surface area contributed by atoms with Gasteiger partial charge in [0.1, 0.15) is 5.75 Å². The van der Waals surface area contributed by atoms with Crippen LogP contribution in [0.3, 0.4) is 0 Å². The molecular formula is C9H7Cl2NO2. The molecule has 14 heavy (non-hydrogen) atoms. The highest BCUT2D eigenvalue weighted by atomic mass is 35.5. The van der Waals surface area contributed by atoms with E-state index in [4.69, 9.17) is 27.9 Å². The third-order valence-electron chi connectivity index (χ3n) is 2.09. The van der Waals surface area contributed by atoms with Crippen LogP contribution in [0.1, 0.15) is 0 Å². The summed E-state index contributed by atoms with van der Waals surface area (Å²) in [4.78, 5) is 12.8. The number of fused-ring (bicyclic) bond motifs is 1. The molecule has 0 unspecified atom stereocenters. The van der Waals surface area contributed by atoms with Gasteiger partial charge in [0.05, 0.1) is 15.7 Å². The average molecular weight is 232 g/mol. The normalized spacial score (nSPS) is 15.1. The number of rotatable bonds is 0. The summed E-state index contributed by atoms with van der Waals surface area (Å²) in [7, 11) is 1.67. The van der Waals surface area contributed by atoms with Gasteiger partial charge in [-0.1, -0.05) is 23.2 Å². The van der Waals surface area contributed by atoms with Crippen molar-refractivity contribution in [3.63, 3.8) is 0 Å². The Kier molecular flexibility index (Phi) is 2.29. The Hall–Kier alpha value is -0.930. The lowest BCUT2D eigenvalue weighted by Gasteiger charge is -2.26. The van der Waals surface area contributed by atoms with Crippen LogP contribution in [-0.4, -0.2) is 19.6 Å². The smallest absolute Gasteiger partial charge is 0.264 e. The van der Waals surface area contributed by atoms with E-state index in [0.29, 0.717) is 21.5 Å². The fourth-order valence-corrected chi connectivity index (χ4v) is 1.58. The van der Waals surface area contributed by atoms with Crippen molar-refractivity contribution in [2.45, 2.75) is 0 Å². The van der Waals surface area contributed by atoms with Gasteiger partial charge in [-0.15, -0.1) is 0 Å². The average Bonchev–Trinajstić information content (AvgIpc) is 2.15. The number of carbonyl (C=O) groups is 1. The van der Waals surface area contributed by atoms with Crippen molar-refractivity contribution in [1.29, 1.82) is 0 Å². The fourth-order valence-electron chi connectivity index (χ4n) is 1.27. The lowest BCUT2D eigenvalue weighted by atomic mass is 10.2. The van der Waals surface area contributed by atoms with Crippen LogP contribution in [0, 0.1) is 0 Å². The van der Waals surface area contributed by atoms with Crippen LogP contribution in [-0.2, 0) is 4.79 Å². The summed E-state index contributed by atoms with van der Waals surface area (Å²) in [6.45, 7) is 0.0431. The lowest BCUT2D eigenvalue weighted by Crippen LogP contribution is -2.35. The first kappa shape index (κ1) is 9.62. The molecular weight excluding hydrogens is 225 g/mol. The molecule has 0 fully saturated rings. The van der Waals surface area contributed by atoms with Crippen LogP contribution in [0.25, 0.3) is 0 Å². The first-order chi connectivity index (χ1) is 6.59. The standard InChI is InChI=1S/C9H7Cl2NO2/c1-12-7-2-5(10)6(11)3-8(7)14-4-9(12)13/h2-3H,4H2,1H3. The van der Waals surface area contributed by atoms with Crippen molar-refractivity contribution >= 4 is 34.8 Å². The van der Waals surface area contributed by atoms with Crippen molar-refractivity contribution in [1.82, 2.24) is 0 Å². The van der Waals surface area contributed by atoms with Crippen molar-refractivity contribution in [3.05, 3.63) is 22.2 Å². The Morgan fingerprint density at radius 2 is 2.00 bits per heavy atom. The van der Waals surface area contributed by atoms with E-state index in [0.717, 1.165) is 0 Å². The molecule has 0 saturated carbocycles. The van der Waals surface area contributed by atoms with Crippen LogP contribution >= 0.6 is 23.2 Å². The third kappa shape index (κ3) is 1.42. The molecule has 1 aliphatic heterocycles. The van der Waals surface area contributed by atoms with Gasteiger partial charge < -0.3 is 9.64 Å². The number of halogens is 2. The molecule has 74 valence electrons. The van der Waals surface area contributed by atoms with Crippen LogP contribution in [0.15, 0.2) is 12.1 Å². The summed E-state index contributed by atoms with van der Waals surface area (Å²) in [6, 6.07) is 3.23. The second-order valence-electron chi connectivity index (χ2n) is 2.98. The highest BCUT2D eigenvalue weighted by molar-refractivity contribution is 6.42. The predicted molar refractivity (Wildman–Crippen MR) is 55.4 cm³/mol. The molecule has 1 heterocycles. The van der Waals surface area contributed by atoms with Gasteiger partial charge in [-0.05, 0) is 6.07 Å². The Bertz CT molecular complexity index is 406. The van der Waals surface area contributed by atoms with Gasteiger partial charge >= 0.3 is 0 Å².